The maximum atomic E-state index is 12.3. The van der Waals surface area contributed by atoms with Crippen molar-refractivity contribution in [2.24, 2.45) is 5.92 Å². The van der Waals surface area contributed by atoms with E-state index in [4.69, 9.17) is 0 Å². The molecule has 0 aromatic heterocycles. The molecule has 0 aromatic rings. The van der Waals surface area contributed by atoms with Gasteiger partial charge in [0.25, 0.3) is 0 Å². The second-order valence-corrected chi connectivity index (χ2v) is 8.92. The zero-order valence-corrected chi connectivity index (χ0v) is 20.5. The molecule has 2 unspecified atom stereocenters. The molecule has 0 amide bonds. The molecule has 2 atom stereocenters. The Morgan fingerprint density at radius 2 is 1.22 bits per heavy atom. The van der Waals surface area contributed by atoms with E-state index >= 15 is 0 Å². The molecular formula is C27H44NO4+. The number of Topliss-reactive ketones (excluding diaryl/α,β-unsaturated/α-hetero) is 1. The van der Waals surface area contributed by atoms with E-state index < -0.39 is 23.8 Å². The van der Waals surface area contributed by atoms with E-state index in [0.717, 1.165) is 38.5 Å². The molecule has 0 bridgehead atoms. The Hall–Kier alpha value is -2.24. The number of carboxylic acids is 1. The first-order valence-electron chi connectivity index (χ1n) is 11.7. The fraction of sp³-hybridized carbons (Fsp3) is 0.556. The van der Waals surface area contributed by atoms with Crippen molar-refractivity contribution in [1.82, 2.24) is 0 Å². The molecule has 0 aliphatic carbocycles. The summed E-state index contributed by atoms with van der Waals surface area (Å²) in [5, 5.41) is 19.5. The van der Waals surface area contributed by atoms with Crippen molar-refractivity contribution >= 4 is 11.8 Å². The third-order valence-corrected chi connectivity index (χ3v) is 4.68. The third kappa shape index (κ3) is 17.4. The molecule has 0 spiro atoms. The summed E-state index contributed by atoms with van der Waals surface area (Å²) in [5.74, 6) is -2.99. The average molecular weight is 447 g/mol. The number of carboxylic acid groups (broad SMARTS) is 1. The number of allylic oxidation sites excluding steroid dienone is 10. The molecule has 2 N–H and O–H groups in total. The Morgan fingerprint density at radius 1 is 0.781 bits per heavy atom. The number of carbonyl (C=O) groups excluding carboxylic acids is 1. The lowest BCUT2D eigenvalue weighted by atomic mass is 9.93. The third-order valence-electron chi connectivity index (χ3n) is 4.68. The molecule has 0 saturated heterocycles. The molecule has 0 rings (SSSR count). The van der Waals surface area contributed by atoms with Crippen molar-refractivity contribution in [1.29, 1.82) is 0 Å². The fourth-order valence-corrected chi connectivity index (χ4v) is 3.10. The smallest absolute Gasteiger partial charge is 0.316 e. The zero-order chi connectivity index (χ0) is 24.2. The number of hydrogen-bond donors (Lipinski definition) is 2. The van der Waals surface area contributed by atoms with Gasteiger partial charge in [0, 0.05) is 6.42 Å². The van der Waals surface area contributed by atoms with E-state index in [0.29, 0.717) is 10.9 Å². The van der Waals surface area contributed by atoms with Crippen LogP contribution in [-0.2, 0) is 9.59 Å². The summed E-state index contributed by atoms with van der Waals surface area (Å²) in [6.07, 6.45) is 26.4. The molecule has 0 aliphatic rings. The van der Waals surface area contributed by atoms with Crippen LogP contribution in [0.5, 0.6) is 0 Å². The minimum Gasteiger partial charge on any atom is -0.481 e. The van der Waals surface area contributed by atoms with Gasteiger partial charge in [-0.2, -0.15) is 0 Å². The highest BCUT2D eigenvalue weighted by atomic mass is 16.4. The van der Waals surface area contributed by atoms with Gasteiger partial charge < -0.3 is 14.7 Å². The van der Waals surface area contributed by atoms with Gasteiger partial charge in [-0.05, 0) is 44.9 Å². The van der Waals surface area contributed by atoms with Crippen LogP contribution >= 0.6 is 0 Å². The number of aliphatic hydroxyl groups excluding tert-OH is 1. The van der Waals surface area contributed by atoms with Gasteiger partial charge in [0.05, 0.1) is 21.1 Å². The molecule has 0 aliphatic heterocycles. The molecule has 0 fully saturated rings. The Morgan fingerprint density at radius 3 is 1.62 bits per heavy atom. The number of aliphatic carboxylic acids is 1. The molecule has 5 heteroatoms. The minimum absolute atomic E-state index is 0.166. The van der Waals surface area contributed by atoms with Crippen molar-refractivity contribution in [2.75, 3.05) is 27.7 Å². The standard InChI is InChI=1S/C27H43NO4/c1-5-6-7-8-9-10-11-12-13-14-15-16-17-18-19-20-21-22-24(29)26(27(31)32)25(30)23-28(2,3)4/h6-7,9-10,12-13,15-16,18-19,25-26,30H,5,8,11,14,17,20-23H2,1-4H3/p+1/b7-6-,10-9-,13-12-,16-15-,19-18-. The van der Waals surface area contributed by atoms with Gasteiger partial charge in [0.15, 0.2) is 0 Å². The number of quaternary nitrogens is 1. The van der Waals surface area contributed by atoms with Crippen LogP contribution in [-0.4, -0.2) is 60.2 Å². The molecule has 0 radical (unpaired) electrons. The predicted octanol–water partition coefficient (Wildman–Crippen LogP) is 5.25. The van der Waals surface area contributed by atoms with Crippen LogP contribution in [0.3, 0.4) is 0 Å². The first-order chi connectivity index (χ1) is 15.2. The number of hydrogen-bond acceptors (Lipinski definition) is 3. The second-order valence-electron chi connectivity index (χ2n) is 8.92. The number of carbonyl (C=O) groups is 2. The largest absolute Gasteiger partial charge is 0.481 e. The van der Waals surface area contributed by atoms with E-state index in [-0.39, 0.29) is 13.0 Å². The first kappa shape index (κ1) is 29.8. The maximum absolute atomic E-state index is 12.3. The van der Waals surface area contributed by atoms with E-state index in [9.17, 15) is 19.8 Å². The average Bonchev–Trinajstić information content (AvgIpc) is 2.68. The minimum atomic E-state index is -1.35. The molecule has 0 heterocycles. The summed E-state index contributed by atoms with van der Waals surface area (Å²) >= 11 is 0. The van der Waals surface area contributed by atoms with Gasteiger partial charge >= 0.3 is 5.97 Å². The Labute approximate surface area is 195 Å². The Kier molecular flexibility index (Phi) is 17.1. The summed E-state index contributed by atoms with van der Waals surface area (Å²) in [5.41, 5.74) is 0. The lowest BCUT2D eigenvalue weighted by Crippen LogP contribution is -2.47. The lowest BCUT2D eigenvalue weighted by Gasteiger charge is -2.28. The summed E-state index contributed by atoms with van der Waals surface area (Å²) in [7, 11) is 5.57. The predicted molar refractivity (Wildman–Crippen MR) is 133 cm³/mol. The second kappa shape index (κ2) is 18.3. The van der Waals surface area contributed by atoms with Crippen molar-refractivity contribution < 1.29 is 24.3 Å². The Bertz CT molecular complexity index is 666. The first-order valence-corrected chi connectivity index (χ1v) is 11.7. The van der Waals surface area contributed by atoms with Crippen LogP contribution in [0, 0.1) is 5.92 Å². The van der Waals surface area contributed by atoms with Gasteiger partial charge in [-0.25, -0.2) is 0 Å². The van der Waals surface area contributed by atoms with E-state index in [1.807, 2.05) is 27.2 Å². The van der Waals surface area contributed by atoms with Gasteiger partial charge in [-0.3, -0.25) is 9.59 Å². The molecule has 0 aromatic carbocycles. The van der Waals surface area contributed by atoms with Crippen molar-refractivity contribution in [3.05, 3.63) is 60.8 Å². The van der Waals surface area contributed by atoms with Gasteiger partial charge in [-0.15, -0.1) is 0 Å². The van der Waals surface area contributed by atoms with Crippen LogP contribution in [0.25, 0.3) is 0 Å². The van der Waals surface area contributed by atoms with Crippen molar-refractivity contribution in [3.8, 4) is 0 Å². The molecule has 0 saturated carbocycles. The molecule has 32 heavy (non-hydrogen) atoms. The summed E-state index contributed by atoms with van der Waals surface area (Å²) < 4.78 is 0.401. The number of ketones is 1. The van der Waals surface area contributed by atoms with Gasteiger partial charge in [-0.1, -0.05) is 67.7 Å². The SMILES string of the molecule is CC/C=C\C/C=C\C/C=C\C/C=C\C/C=C\CCCC(=O)C(C(=O)O)C(O)C[N+](C)(C)C. The quantitative estimate of drug-likeness (QED) is 0.131. The topological polar surface area (TPSA) is 74.6 Å². The number of rotatable bonds is 18. The fourth-order valence-electron chi connectivity index (χ4n) is 3.10. The zero-order valence-electron chi connectivity index (χ0n) is 20.5. The van der Waals surface area contributed by atoms with Gasteiger partial charge in [0.2, 0.25) is 0 Å². The van der Waals surface area contributed by atoms with E-state index in [1.165, 1.54) is 0 Å². The van der Waals surface area contributed by atoms with Crippen LogP contribution in [0.1, 0.15) is 58.3 Å². The summed E-state index contributed by atoms with van der Waals surface area (Å²) in [4.78, 5) is 23.7. The number of likely N-dealkylation sites (N-methyl/N-ethyl adjacent to an activating group) is 1. The highest BCUT2D eigenvalue weighted by Gasteiger charge is 2.35. The van der Waals surface area contributed by atoms with Crippen molar-refractivity contribution in [2.45, 2.75) is 64.4 Å². The highest BCUT2D eigenvalue weighted by molar-refractivity contribution is 5.98. The highest BCUT2D eigenvalue weighted by Crippen LogP contribution is 2.14. The Balaban J connectivity index is 4.02. The monoisotopic (exact) mass is 446 g/mol. The van der Waals surface area contributed by atoms with Crippen LogP contribution < -0.4 is 0 Å². The maximum Gasteiger partial charge on any atom is 0.316 e. The lowest BCUT2D eigenvalue weighted by molar-refractivity contribution is -0.873. The number of nitrogens with zero attached hydrogens (tertiary/aromatic N) is 1. The summed E-state index contributed by atoms with van der Waals surface area (Å²) in [6.45, 7) is 2.35. The molecule has 180 valence electrons. The number of aliphatic hydroxyl groups is 1. The van der Waals surface area contributed by atoms with Crippen LogP contribution in [0.4, 0.5) is 0 Å². The molecular weight excluding hydrogens is 402 g/mol. The summed E-state index contributed by atoms with van der Waals surface area (Å²) in [6, 6.07) is 0. The van der Waals surface area contributed by atoms with Gasteiger partial charge in [0.1, 0.15) is 24.3 Å². The van der Waals surface area contributed by atoms with Crippen molar-refractivity contribution in [3.63, 3.8) is 0 Å². The van der Waals surface area contributed by atoms with E-state index in [2.05, 4.69) is 61.6 Å². The number of unbranched alkanes of at least 4 members (excludes halogenated alkanes) is 1. The van der Waals surface area contributed by atoms with E-state index in [1.54, 1.807) is 0 Å². The normalized spacial score (nSPS) is 15.0. The van der Waals surface area contributed by atoms with Crippen LogP contribution in [0.15, 0.2) is 60.8 Å². The van der Waals surface area contributed by atoms with Crippen LogP contribution in [0.2, 0.25) is 0 Å². The molecule has 5 nitrogen and oxygen atoms in total.